The number of hydrogen-bond donors (Lipinski definition) is 1. The predicted molar refractivity (Wildman–Crippen MR) is 76.7 cm³/mol. The van der Waals surface area contributed by atoms with Gasteiger partial charge in [0.05, 0.1) is 6.61 Å². The van der Waals surface area contributed by atoms with E-state index in [0.29, 0.717) is 6.61 Å². The van der Waals surface area contributed by atoms with Crippen LogP contribution in [-0.2, 0) is 35.2 Å². The second-order valence-electron chi connectivity index (χ2n) is 4.65. The zero-order valence-corrected chi connectivity index (χ0v) is 12.2. The minimum Gasteiger partial charge on any atom is -0.480 e. The third-order valence-electron chi connectivity index (χ3n) is 3.39. The molecule has 0 heterocycles. The lowest BCUT2D eigenvalue weighted by atomic mass is 9.92. The standard InChI is InChI=1S/C16H24O3/c1-4-12-9-13(5-2)15(14(6-3)10-12)7-8-19-11-16(17)18/h9-10H,4-8,11H2,1-3H3,(H,17,18). The van der Waals surface area contributed by atoms with E-state index in [4.69, 9.17) is 9.84 Å². The van der Waals surface area contributed by atoms with Crippen LogP contribution in [0.5, 0.6) is 0 Å². The number of aryl methyl sites for hydroxylation is 3. The molecule has 0 saturated carbocycles. The van der Waals surface area contributed by atoms with E-state index in [2.05, 4.69) is 32.9 Å². The second-order valence-corrected chi connectivity index (χ2v) is 4.65. The van der Waals surface area contributed by atoms with E-state index in [9.17, 15) is 4.79 Å². The van der Waals surface area contributed by atoms with Gasteiger partial charge in [0.2, 0.25) is 0 Å². The minimum absolute atomic E-state index is 0.212. The molecule has 0 aliphatic heterocycles. The Hall–Kier alpha value is -1.35. The van der Waals surface area contributed by atoms with Crippen molar-refractivity contribution in [2.75, 3.05) is 13.2 Å². The van der Waals surface area contributed by atoms with Crippen LogP contribution in [0.1, 0.15) is 43.0 Å². The Labute approximate surface area is 115 Å². The van der Waals surface area contributed by atoms with Gasteiger partial charge in [0, 0.05) is 0 Å². The highest BCUT2D eigenvalue weighted by Gasteiger charge is 2.09. The van der Waals surface area contributed by atoms with E-state index in [1.54, 1.807) is 0 Å². The van der Waals surface area contributed by atoms with Crippen LogP contribution in [0, 0.1) is 0 Å². The molecule has 0 unspecified atom stereocenters. The molecule has 3 heteroatoms. The van der Waals surface area contributed by atoms with Crippen LogP contribution in [-0.4, -0.2) is 24.3 Å². The number of hydrogen-bond acceptors (Lipinski definition) is 2. The third kappa shape index (κ3) is 4.67. The average molecular weight is 264 g/mol. The largest absolute Gasteiger partial charge is 0.480 e. The smallest absolute Gasteiger partial charge is 0.329 e. The summed E-state index contributed by atoms with van der Waals surface area (Å²) in [4.78, 5) is 10.4. The monoisotopic (exact) mass is 264 g/mol. The maximum Gasteiger partial charge on any atom is 0.329 e. The van der Waals surface area contributed by atoms with Crippen molar-refractivity contribution in [2.45, 2.75) is 46.5 Å². The highest BCUT2D eigenvalue weighted by molar-refractivity contribution is 5.67. The van der Waals surface area contributed by atoms with Gasteiger partial charge in [-0.1, -0.05) is 32.9 Å². The van der Waals surface area contributed by atoms with E-state index in [0.717, 1.165) is 25.7 Å². The zero-order chi connectivity index (χ0) is 14.3. The van der Waals surface area contributed by atoms with Crippen molar-refractivity contribution in [1.82, 2.24) is 0 Å². The molecule has 3 nitrogen and oxygen atoms in total. The minimum atomic E-state index is -0.909. The Morgan fingerprint density at radius 3 is 2.11 bits per heavy atom. The van der Waals surface area contributed by atoms with Gasteiger partial charge in [0.15, 0.2) is 0 Å². The Balaban J connectivity index is 2.82. The molecule has 19 heavy (non-hydrogen) atoms. The molecule has 0 aliphatic rings. The lowest BCUT2D eigenvalue weighted by Crippen LogP contribution is -2.11. The first-order chi connectivity index (χ1) is 9.12. The second kappa shape index (κ2) is 7.95. The van der Waals surface area contributed by atoms with Gasteiger partial charge in [-0.2, -0.15) is 0 Å². The number of aliphatic carboxylic acids is 1. The highest BCUT2D eigenvalue weighted by Crippen LogP contribution is 2.20. The molecule has 1 N–H and O–H groups in total. The van der Waals surface area contributed by atoms with Crippen molar-refractivity contribution in [2.24, 2.45) is 0 Å². The summed E-state index contributed by atoms with van der Waals surface area (Å²) in [5, 5.41) is 8.56. The quantitative estimate of drug-likeness (QED) is 0.734. The number of benzene rings is 1. The van der Waals surface area contributed by atoms with Crippen molar-refractivity contribution in [3.8, 4) is 0 Å². The molecule has 0 spiro atoms. The Morgan fingerprint density at radius 2 is 1.68 bits per heavy atom. The normalized spacial score (nSPS) is 10.7. The topological polar surface area (TPSA) is 46.5 Å². The van der Waals surface area contributed by atoms with Gasteiger partial charge < -0.3 is 9.84 Å². The lowest BCUT2D eigenvalue weighted by molar-refractivity contribution is -0.142. The van der Waals surface area contributed by atoms with E-state index in [-0.39, 0.29) is 6.61 Å². The average Bonchev–Trinajstić information content (AvgIpc) is 2.42. The Morgan fingerprint density at radius 1 is 1.11 bits per heavy atom. The van der Waals surface area contributed by atoms with Crippen molar-refractivity contribution in [3.05, 3.63) is 34.4 Å². The summed E-state index contributed by atoms with van der Waals surface area (Å²) in [6.07, 6.45) is 3.86. The molecule has 0 fully saturated rings. The predicted octanol–water partition coefficient (Wildman–Crippen LogP) is 3.02. The van der Waals surface area contributed by atoms with Gasteiger partial charge in [-0.05, 0) is 47.9 Å². The molecular weight excluding hydrogens is 240 g/mol. The fourth-order valence-corrected chi connectivity index (χ4v) is 2.36. The zero-order valence-electron chi connectivity index (χ0n) is 12.2. The van der Waals surface area contributed by atoms with Crippen LogP contribution >= 0.6 is 0 Å². The summed E-state index contributed by atoms with van der Waals surface area (Å²) >= 11 is 0. The molecular formula is C16H24O3. The van der Waals surface area contributed by atoms with Crippen molar-refractivity contribution >= 4 is 5.97 Å². The summed E-state index contributed by atoms with van der Waals surface area (Å²) in [7, 11) is 0. The number of carbonyl (C=O) groups is 1. The third-order valence-corrected chi connectivity index (χ3v) is 3.39. The van der Waals surface area contributed by atoms with Gasteiger partial charge in [0.25, 0.3) is 0 Å². The molecule has 1 aromatic rings. The fraction of sp³-hybridized carbons (Fsp3) is 0.562. The molecule has 0 bridgehead atoms. The summed E-state index contributed by atoms with van der Waals surface area (Å²) in [6, 6.07) is 4.54. The van der Waals surface area contributed by atoms with Gasteiger partial charge in [0.1, 0.15) is 6.61 Å². The Kier molecular flexibility index (Phi) is 6.57. The van der Waals surface area contributed by atoms with Crippen LogP contribution in [0.4, 0.5) is 0 Å². The van der Waals surface area contributed by atoms with Gasteiger partial charge in [-0.3, -0.25) is 0 Å². The molecule has 0 saturated heterocycles. The van der Waals surface area contributed by atoms with Crippen LogP contribution < -0.4 is 0 Å². The number of rotatable bonds is 8. The van der Waals surface area contributed by atoms with Crippen LogP contribution in [0.2, 0.25) is 0 Å². The molecule has 0 aliphatic carbocycles. The molecule has 0 radical (unpaired) electrons. The molecule has 106 valence electrons. The summed E-state index contributed by atoms with van der Waals surface area (Å²) in [5.41, 5.74) is 5.46. The van der Waals surface area contributed by atoms with Gasteiger partial charge in [-0.15, -0.1) is 0 Å². The number of carboxylic acid groups (broad SMARTS) is 1. The molecule has 0 aromatic heterocycles. The molecule has 0 atom stereocenters. The highest BCUT2D eigenvalue weighted by atomic mass is 16.5. The first kappa shape index (κ1) is 15.7. The van der Waals surface area contributed by atoms with Crippen molar-refractivity contribution < 1.29 is 14.6 Å². The summed E-state index contributed by atoms with van der Waals surface area (Å²) in [5.74, 6) is -0.909. The number of carboxylic acids is 1. The van der Waals surface area contributed by atoms with Crippen LogP contribution in [0.3, 0.4) is 0 Å². The van der Waals surface area contributed by atoms with E-state index in [1.807, 2.05) is 0 Å². The first-order valence-electron chi connectivity index (χ1n) is 7.05. The van der Waals surface area contributed by atoms with E-state index in [1.165, 1.54) is 22.3 Å². The molecule has 1 rings (SSSR count). The lowest BCUT2D eigenvalue weighted by Gasteiger charge is -2.15. The SMILES string of the molecule is CCc1cc(CC)c(CCOCC(=O)O)c(CC)c1. The van der Waals surface area contributed by atoms with Crippen LogP contribution in [0.15, 0.2) is 12.1 Å². The number of ether oxygens (including phenoxy) is 1. The van der Waals surface area contributed by atoms with Gasteiger partial charge in [-0.25, -0.2) is 4.79 Å². The van der Waals surface area contributed by atoms with E-state index >= 15 is 0 Å². The first-order valence-corrected chi connectivity index (χ1v) is 7.05. The van der Waals surface area contributed by atoms with Gasteiger partial charge >= 0.3 is 5.97 Å². The fourth-order valence-electron chi connectivity index (χ4n) is 2.36. The maximum absolute atomic E-state index is 10.4. The van der Waals surface area contributed by atoms with Crippen LogP contribution in [0.25, 0.3) is 0 Å². The summed E-state index contributed by atoms with van der Waals surface area (Å²) < 4.78 is 5.16. The van der Waals surface area contributed by atoms with Crippen molar-refractivity contribution in [1.29, 1.82) is 0 Å². The summed E-state index contributed by atoms with van der Waals surface area (Å²) in [6.45, 7) is 6.75. The van der Waals surface area contributed by atoms with E-state index < -0.39 is 5.97 Å². The molecule has 0 amide bonds. The Bertz CT molecular complexity index is 399. The van der Waals surface area contributed by atoms with Crippen molar-refractivity contribution in [3.63, 3.8) is 0 Å². The molecule has 1 aromatic carbocycles. The maximum atomic E-state index is 10.4.